The van der Waals surface area contributed by atoms with Crippen molar-refractivity contribution >= 4 is 18.0 Å². The van der Waals surface area contributed by atoms with Gasteiger partial charge in [0.1, 0.15) is 6.29 Å². The molecule has 0 saturated heterocycles. The largest absolute Gasteiger partial charge is 0.303 e. The molecule has 0 bridgehead atoms. The molecule has 0 aliphatic heterocycles. The molecule has 0 aromatic rings. The van der Waals surface area contributed by atoms with Crippen LogP contribution in [0.25, 0.3) is 0 Å². The molecule has 0 fully saturated rings. The van der Waals surface area contributed by atoms with Gasteiger partial charge in [-0.1, -0.05) is 78.1 Å². The van der Waals surface area contributed by atoms with Gasteiger partial charge in [-0.05, 0) is 43.1 Å². The van der Waals surface area contributed by atoms with Crippen molar-refractivity contribution in [3.63, 3.8) is 0 Å². The van der Waals surface area contributed by atoms with Crippen molar-refractivity contribution in [1.82, 2.24) is 0 Å². The summed E-state index contributed by atoms with van der Waals surface area (Å²) in [7, 11) is 0. The van der Waals surface area contributed by atoms with Crippen LogP contribution in [-0.4, -0.2) is 17.8 Å². The fourth-order valence-electron chi connectivity index (χ4n) is 3.05. The molecule has 23 heavy (non-hydrogen) atoms. The zero-order valence-corrected chi connectivity index (χ0v) is 16.8. The number of hydrogen-bond donors (Lipinski definition) is 0. The summed E-state index contributed by atoms with van der Waals surface area (Å²) < 4.78 is 0. The van der Waals surface area contributed by atoms with Gasteiger partial charge in [-0.15, -0.1) is 0 Å². The molecule has 0 heterocycles. The number of aldehydes is 1. The summed E-state index contributed by atoms with van der Waals surface area (Å²) >= 11 is 2.20. The second-order valence-corrected chi connectivity index (χ2v) is 8.16. The zero-order chi connectivity index (χ0) is 17.0. The molecule has 0 saturated carbocycles. The quantitative estimate of drug-likeness (QED) is 0.179. The number of thioether (sulfide) groups is 1. The van der Waals surface area contributed by atoms with Crippen LogP contribution in [-0.2, 0) is 4.79 Å². The van der Waals surface area contributed by atoms with Crippen molar-refractivity contribution in [2.24, 2.45) is 5.92 Å². The van der Waals surface area contributed by atoms with E-state index >= 15 is 0 Å². The van der Waals surface area contributed by atoms with Gasteiger partial charge in [0.25, 0.3) is 0 Å². The van der Waals surface area contributed by atoms with E-state index in [0.29, 0.717) is 0 Å². The second kappa shape index (κ2) is 20.1. The van der Waals surface area contributed by atoms with Gasteiger partial charge in [-0.3, -0.25) is 0 Å². The molecule has 0 spiro atoms. The van der Waals surface area contributed by atoms with E-state index in [1.54, 1.807) is 0 Å². The van der Waals surface area contributed by atoms with E-state index in [9.17, 15) is 4.79 Å². The summed E-state index contributed by atoms with van der Waals surface area (Å²) in [6.45, 7) is 4.61. The molecule has 0 aliphatic rings. The first-order valence-corrected chi connectivity index (χ1v) is 11.5. The SMILES string of the molecule is CCCCCCC(CCCC)CSCCCCCCCCC=O. The monoisotopic (exact) mass is 342 g/mol. The zero-order valence-electron chi connectivity index (χ0n) is 16.0. The van der Waals surface area contributed by atoms with E-state index in [2.05, 4.69) is 25.6 Å². The smallest absolute Gasteiger partial charge is 0.119 e. The molecule has 0 N–H and O–H groups in total. The minimum Gasteiger partial charge on any atom is -0.303 e. The molecule has 138 valence electrons. The first-order chi connectivity index (χ1) is 11.3. The van der Waals surface area contributed by atoms with Crippen LogP contribution >= 0.6 is 11.8 Å². The Morgan fingerprint density at radius 3 is 2.04 bits per heavy atom. The molecule has 0 rings (SSSR count). The molecule has 0 aromatic heterocycles. The highest BCUT2D eigenvalue weighted by Crippen LogP contribution is 2.22. The third kappa shape index (κ3) is 18.2. The lowest BCUT2D eigenvalue weighted by Crippen LogP contribution is -2.05. The van der Waals surface area contributed by atoms with Gasteiger partial charge in [0.15, 0.2) is 0 Å². The fourth-order valence-corrected chi connectivity index (χ4v) is 4.29. The lowest BCUT2D eigenvalue weighted by Gasteiger charge is -2.16. The van der Waals surface area contributed by atoms with Crippen LogP contribution in [0.4, 0.5) is 0 Å². The first kappa shape index (κ1) is 23.0. The number of unbranched alkanes of at least 4 members (excludes halogenated alkanes) is 10. The highest BCUT2D eigenvalue weighted by Gasteiger charge is 2.08. The number of carbonyl (C=O) groups excluding carboxylic acids is 1. The van der Waals surface area contributed by atoms with Gasteiger partial charge >= 0.3 is 0 Å². The lowest BCUT2D eigenvalue weighted by atomic mass is 9.97. The number of rotatable bonds is 19. The Hall–Kier alpha value is 0.0200. The summed E-state index contributed by atoms with van der Waals surface area (Å²) in [5.41, 5.74) is 0. The molecule has 0 radical (unpaired) electrons. The molecule has 0 aliphatic carbocycles. The maximum Gasteiger partial charge on any atom is 0.119 e. The van der Waals surface area contributed by atoms with Crippen LogP contribution in [0.15, 0.2) is 0 Å². The Kier molecular flexibility index (Phi) is 20.1. The van der Waals surface area contributed by atoms with E-state index in [0.717, 1.165) is 25.0 Å². The van der Waals surface area contributed by atoms with Crippen LogP contribution in [0, 0.1) is 5.92 Å². The van der Waals surface area contributed by atoms with Crippen LogP contribution < -0.4 is 0 Å². The molecule has 1 unspecified atom stereocenters. The van der Waals surface area contributed by atoms with Crippen molar-refractivity contribution in [1.29, 1.82) is 0 Å². The van der Waals surface area contributed by atoms with E-state index in [4.69, 9.17) is 0 Å². The van der Waals surface area contributed by atoms with E-state index in [1.807, 2.05) is 0 Å². The molecular weight excluding hydrogens is 300 g/mol. The van der Waals surface area contributed by atoms with E-state index in [-0.39, 0.29) is 0 Å². The molecule has 1 nitrogen and oxygen atoms in total. The summed E-state index contributed by atoms with van der Waals surface area (Å²) in [4.78, 5) is 10.2. The summed E-state index contributed by atoms with van der Waals surface area (Å²) in [6, 6.07) is 0. The van der Waals surface area contributed by atoms with Crippen LogP contribution in [0.1, 0.15) is 110 Å². The Morgan fingerprint density at radius 1 is 0.739 bits per heavy atom. The predicted molar refractivity (Wildman–Crippen MR) is 107 cm³/mol. The molecule has 1 atom stereocenters. The lowest BCUT2D eigenvalue weighted by molar-refractivity contribution is -0.107. The van der Waals surface area contributed by atoms with E-state index < -0.39 is 0 Å². The highest BCUT2D eigenvalue weighted by atomic mass is 32.2. The second-order valence-electron chi connectivity index (χ2n) is 7.01. The Bertz CT molecular complexity index is 230. The molecule has 2 heteroatoms. The number of hydrogen-bond acceptors (Lipinski definition) is 2. The highest BCUT2D eigenvalue weighted by molar-refractivity contribution is 7.99. The van der Waals surface area contributed by atoms with E-state index in [1.165, 1.54) is 95.0 Å². The normalized spacial score (nSPS) is 12.4. The van der Waals surface area contributed by atoms with Crippen molar-refractivity contribution in [3.05, 3.63) is 0 Å². The predicted octanol–water partition coefficient (Wildman–Crippen LogP) is 7.43. The van der Waals surface area contributed by atoms with Crippen LogP contribution in [0.3, 0.4) is 0 Å². The van der Waals surface area contributed by atoms with Gasteiger partial charge in [0, 0.05) is 6.42 Å². The third-order valence-corrected chi connectivity index (χ3v) is 5.93. The van der Waals surface area contributed by atoms with Crippen LogP contribution in [0.5, 0.6) is 0 Å². The average Bonchev–Trinajstić information content (AvgIpc) is 2.57. The van der Waals surface area contributed by atoms with Crippen LogP contribution in [0.2, 0.25) is 0 Å². The van der Waals surface area contributed by atoms with Crippen molar-refractivity contribution in [2.75, 3.05) is 11.5 Å². The summed E-state index contributed by atoms with van der Waals surface area (Å²) in [5, 5.41) is 0. The summed E-state index contributed by atoms with van der Waals surface area (Å²) in [6.07, 6.45) is 20.9. The first-order valence-electron chi connectivity index (χ1n) is 10.4. The minimum atomic E-state index is 0.757. The average molecular weight is 343 g/mol. The molecule has 0 aromatic carbocycles. The maximum atomic E-state index is 10.2. The van der Waals surface area contributed by atoms with Gasteiger partial charge in [0.05, 0.1) is 0 Å². The Balaban J connectivity index is 3.47. The maximum absolute atomic E-state index is 10.2. The van der Waals surface area contributed by atoms with Crippen molar-refractivity contribution < 1.29 is 4.79 Å². The fraction of sp³-hybridized carbons (Fsp3) is 0.952. The topological polar surface area (TPSA) is 17.1 Å². The van der Waals surface area contributed by atoms with Crippen molar-refractivity contribution in [3.8, 4) is 0 Å². The third-order valence-electron chi connectivity index (χ3n) is 4.65. The Morgan fingerprint density at radius 2 is 1.35 bits per heavy atom. The van der Waals surface area contributed by atoms with Gasteiger partial charge in [0.2, 0.25) is 0 Å². The van der Waals surface area contributed by atoms with Gasteiger partial charge in [-0.25, -0.2) is 0 Å². The Labute approximate surface area is 150 Å². The van der Waals surface area contributed by atoms with Crippen molar-refractivity contribution in [2.45, 2.75) is 110 Å². The number of carbonyl (C=O) groups is 1. The molecule has 0 amide bonds. The standard InChI is InChI=1S/C21H42OS/c1-3-5-7-13-17-21(16-6-4-2)20-23-19-15-12-10-8-9-11-14-18-22/h18,21H,3-17,19-20H2,1-2H3. The van der Waals surface area contributed by atoms with Gasteiger partial charge < -0.3 is 4.79 Å². The van der Waals surface area contributed by atoms with Gasteiger partial charge in [-0.2, -0.15) is 11.8 Å². The minimum absolute atomic E-state index is 0.757. The summed E-state index contributed by atoms with van der Waals surface area (Å²) in [5.74, 6) is 3.72. The molecular formula is C21H42OS.